The highest BCUT2D eigenvalue weighted by Gasteiger charge is 2.30. The number of hydrogen-bond acceptors (Lipinski definition) is 6. The SMILES string of the molecule is O=C(O)[C@H](CCCCCCCCO)NS(=O)(=O)c1ccccc1[N+](=O)[O-]. The van der Waals surface area contributed by atoms with Crippen molar-refractivity contribution in [3.63, 3.8) is 0 Å². The normalized spacial score (nSPS) is 12.7. The largest absolute Gasteiger partial charge is 0.480 e. The molecular weight excluding hydrogens is 364 g/mol. The summed E-state index contributed by atoms with van der Waals surface area (Å²) in [7, 11) is -4.34. The van der Waals surface area contributed by atoms with Gasteiger partial charge in [0.15, 0.2) is 4.90 Å². The van der Waals surface area contributed by atoms with E-state index in [1.165, 1.54) is 12.1 Å². The van der Waals surface area contributed by atoms with Gasteiger partial charge < -0.3 is 10.2 Å². The highest BCUT2D eigenvalue weighted by Crippen LogP contribution is 2.23. The van der Waals surface area contributed by atoms with E-state index in [0.29, 0.717) is 6.42 Å². The average molecular weight is 388 g/mol. The third-order valence-electron chi connectivity index (χ3n) is 3.85. The van der Waals surface area contributed by atoms with E-state index in [1.54, 1.807) is 0 Å². The summed E-state index contributed by atoms with van der Waals surface area (Å²) in [5.41, 5.74) is -0.604. The molecule has 0 unspecified atom stereocenters. The van der Waals surface area contributed by atoms with Gasteiger partial charge in [-0.25, -0.2) is 8.42 Å². The molecule has 1 atom stereocenters. The van der Waals surface area contributed by atoms with Gasteiger partial charge in [-0.2, -0.15) is 4.72 Å². The Bertz CT molecular complexity index is 706. The molecule has 0 radical (unpaired) electrons. The first-order valence-electron chi connectivity index (χ1n) is 8.39. The molecule has 3 N–H and O–H groups in total. The molecule has 0 aliphatic heterocycles. The quantitative estimate of drug-likeness (QED) is 0.266. The van der Waals surface area contributed by atoms with Crippen LogP contribution in [0.25, 0.3) is 0 Å². The number of nitrogens with zero attached hydrogens (tertiary/aromatic N) is 1. The third kappa shape index (κ3) is 7.06. The van der Waals surface area contributed by atoms with Gasteiger partial charge in [-0.3, -0.25) is 14.9 Å². The van der Waals surface area contributed by atoms with Crippen LogP contribution in [0.4, 0.5) is 5.69 Å². The molecule has 26 heavy (non-hydrogen) atoms. The van der Waals surface area contributed by atoms with Crippen LogP contribution in [0, 0.1) is 10.1 Å². The first-order chi connectivity index (χ1) is 12.3. The summed E-state index contributed by atoms with van der Waals surface area (Å²) in [6.07, 6.45) is 4.74. The molecule has 0 aliphatic rings. The van der Waals surface area contributed by atoms with E-state index in [4.69, 9.17) is 5.11 Å². The highest BCUT2D eigenvalue weighted by molar-refractivity contribution is 7.89. The van der Waals surface area contributed by atoms with Crippen molar-refractivity contribution in [1.29, 1.82) is 0 Å². The number of aliphatic hydroxyl groups excluding tert-OH is 1. The molecule has 0 bridgehead atoms. The van der Waals surface area contributed by atoms with Gasteiger partial charge in [-0.15, -0.1) is 0 Å². The Morgan fingerprint density at radius 1 is 1.12 bits per heavy atom. The van der Waals surface area contributed by atoms with E-state index < -0.39 is 37.5 Å². The summed E-state index contributed by atoms with van der Waals surface area (Å²) in [6, 6.07) is 3.45. The van der Waals surface area contributed by atoms with E-state index in [-0.39, 0.29) is 13.0 Å². The van der Waals surface area contributed by atoms with Gasteiger partial charge in [-0.1, -0.05) is 44.2 Å². The fourth-order valence-corrected chi connectivity index (χ4v) is 3.88. The van der Waals surface area contributed by atoms with E-state index in [1.807, 2.05) is 0 Å². The number of carboxylic acid groups (broad SMARTS) is 1. The molecule has 0 fully saturated rings. The Hall–Kier alpha value is -2.04. The Balaban J connectivity index is 2.69. The lowest BCUT2D eigenvalue weighted by Gasteiger charge is -2.15. The number of carboxylic acids is 1. The topological polar surface area (TPSA) is 147 Å². The fourth-order valence-electron chi connectivity index (χ4n) is 2.49. The van der Waals surface area contributed by atoms with Crippen molar-refractivity contribution in [2.75, 3.05) is 6.61 Å². The van der Waals surface area contributed by atoms with Crippen LogP contribution in [0.3, 0.4) is 0 Å². The van der Waals surface area contributed by atoms with Crippen molar-refractivity contribution in [3.05, 3.63) is 34.4 Å². The van der Waals surface area contributed by atoms with Gasteiger partial charge in [0.05, 0.1) is 4.92 Å². The Labute approximate surface area is 152 Å². The summed E-state index contributed by atoms with van der Waals surface area (Å²) in [5.74, 6) is -1.33. The number of carbonyl (C=O) groups is 1. The molecule has 0 heterocycles. The molecule has 1 aromatic carbocycles. The molecule has 0 aliphatic carbocycles. The molecule has 1 aromatic rings. The Morgan fingerprint density at radius 3 is 2.27 bits per heavy atom. The molecule has 1 rings (SSSR count). The smallest absolute Gasteiger partial charge is 0.321 e. The van der Waals surface area contributed by atoms with Crippen LogP contribution in [0.1, 0.15) is 44.9 Å². The van der Waals surface area contributed by atoms with E-state index in [9.17, 15) is 28.4 Å². The van der Waals surface area contributed by atoms with Crippen molar-refractivity contribution >= 4 is 21.7 Å². The number of nitro groups is 1. The van der Waals surface area contributed by atoms with Crippen LogP contribution >= 0.6 is 0 Å². The maximum atomic E-state index is 12.4. The van der Waals surface area contributed by atoms with E-state index >= 15 is 0 Å². The molecule has 10 heteroatoms. The van der Waals surface area contributed by atoms with Crippen LogP contribution in [0.5, 0.6) is 0 Å². The van der Waals surface area contributed by atoms with Crippen molar-refractivity contribution in [3.8, 4) is 0 Å². The number of aliphatic hydroxyl groups is 1. The second-order valence-corrected chi connectivity index (χ2v) is 7.55. The molecule has 9 nitrogen and oxygen atoms in total. The maximum Gasteiger partial charge on any atom is 0.321 e. The summed E-state index contributed by atoms with van der Waals surface area (Å²) >= 11 is 0. The van der Waals surface area contributed by atoms with Crippen molar-refractivity contribution in [2.24, 2.45) is 0 Å². The predicted molar refractivity (Wildman–Crippen MR) is 94.2 cm³/mol. The number of nitro benzene ring substituents is 1. The van der Waals surface area contributed by atoms with E-state index in [0.717, 1.165) is 44.2 Å². The summed E-state index contributed by atoms with van der Waals surface area (Å²) in [6.45, 7) is 0.147. The third-order valence-corrected chi connectivity index (χ3v) is 5.37. The summed E-state index contributed by atoms with van der Waals surface area (Å²) < 4.78 is 26.8. The average Bonchev–Trinajstić information content (AvgIpc) is 2.59. The number of aliphatic carboxylic acids is 1. The second-order valence-electron chi connectivity index (χ2n) is 5.87. The summed E-state index contributed by atoms with van der Waals surface area (Å²) in [4.78, 5) is 21.0. The molecule has 0 aromatic heterocycles. The summed E-state index contributed by atoms with van der Waals surface area (Å²) in [5, 5.41) is 28.9. The monoisotopic (exact) mass is 388 g/mol. The van der Waals surface area contributed by atoms with Crippen LogP contribution in [0.15, 0.2) is 29.2 Å². The maximum absolute atomic E-state index is 12.4. The lowest BCUT2D eigenvalue weighted by atomic mass is 10.1. The van der Waals surface area contributed by atoms with Gasteiger partial charge in [0.25, 0.3) is 5.69 Å². The molecular formula is C16H24N2O7S. The number of rotatable bonds is 13. The fraction of sp³-hybridized carbons (Fsp3) is 0.562. The zero-order valence-corrected chi connectivity index (χ0v) is 15.2. The van der Waals surface area contributed by atoms with E-state index in [2.05, 4.69) is 4.72 Å². The van der Waals surface area contributed by atoms with Crippen molar-refractivity contribution in [1.82, 2.24) is 4.72 Å². The Morgan fingerprint density at radius 2 is 1.69 bits per heavy atom. The van der Waals surface area contributed by atoms with Crippen LogP contribution in [-0.4, -0.2) is 42.2 Å². The molecule has 146 valence electrons. The number of benzene rings is 1. The minimum atomic E-state index is -4.34. The van der Waals surface area contributed by atoms with Crippen LogP contribution in [0.2, 0.25) is 0 Å². The van der Waals surface area contributed by atoms with Gasteiger partial charge in [-0.05, 0) is 18.9 Å². The number of hydrogen-bond donors (Lipinski definition) is 3. The standard InChI is InChI=1S/C16H24N2O7S/c19-12-8-4-2-1-3-5-9-13(16(20)21)17-26(24,25)15-11-7-6-10-14(15)18(22)23/h6-7,10-11,13,17,19H,1-5,8-9,12H2,(H,20,21)/t13-/m0/s1. The van der Waals surface area contributed by atoms with Crippen LogP contribution < -0.4 is 4.72 Å². The van der Waals surface area contributed by atoms with Gasteiger partial charge in [0, 0.05) is 12.7 Å². The van der Waals surface area contributed by atoms with Crippen molar-refractivity contribution < 1.29 is 28.3 Å². The van der Waals surface area contributed by atoms with Crippen molar-refractivity contribution in [2.45, 2.75) is 55.9 Å². The van der Waals surface area contributed by atoms with Gasteiger partial charge >= 0.3 is 5.97 Å². The minimum absolute atomic E-state index is 0.0925. The first-order valence-corrected chi connectivity index (χ1v) is 9.87. The zero-order chi connectivity index (χ0) is 19.6. The number of sulfonamides is 1. The number of para-hydroxylation sites is 1. The Kier molecular flexibility index (Phi) is 9.17. The first kappa shape index (κ1) is 22.0. The van der Waals surface area contributed by atoms with Gasteiger partial charge in [0.1, 0.15) is 6.04 Å². The number of nitrogens with one attached hydrogen (secondary N) is 1. The molecule has 0 saturated carbocycles. The zero-order valence-electron chi connectivity index (χ0n) is 14.3. The lowest BCUT2D eigenvalue weighted by molar-refractivity contribution is -0.387. The predicted octanol–water partition coefficient (Wildman–Crippen LogP) is 2.05. The van der Waals surface area contributed by atoms with Crippen LogP contribution in [-0.2, 0) is 14.8 Å². The molecule has 0 spiro atoms. The minimum Gasteiger partial charge on any atom is -0.480 e. The van der Waals surface area contributed by atoms with Gasteiger partial charge in [0.2, 0.25) is 10.0 Å². The highest BCUT2D eigenvalue weighted by atomic mass is 32.2. The second kappa shape index (κ2) is 10.8. The lowest BCUT2D eigenvalue weighted by Crippen LogP contribution is -2.40. The molecule has 0 amide bonds. The molecule has 0 saturated heterocycles. The number of unbranched alkanes of at least 4 members (excludes halogenated alkanes) is 5.